The maximum Gasteiger partial charge on any atom is 0.0859 e. The van der Waals surface area contributed by atoms with Crippen molar-refractivity contribution in [3.8, 4) is 0 Å². The molecular weight excluding hydrogens is 180 g/mol. The summed E-state index contributed by atoms with van der Waals surface area (Å²) in [6, 6.07) is 0. The molecule has 0 atom stereocenters. The van der Waals surface area contributed by atoms with Crippen molar-refractivity contribution in [2.75, 3.05) is 47.0 Å². The molecule has 0 fully saturated rings. The molecule has 0 aromatic heterocycles. The van der Waals surface area contributed by atoms with Gasteiger partial charge in [0.1, 0.15) is 0 Å². The Morgan fingerprint density at radius 1 is 1.21 bits per heavy atom. The summed E-state index contributed by atoms with van der Waals surface area (Å²) in [5, 5.41) is 0. The molecule has 14 heavy (non-hydrogen) atoms. The van der Waals surface area contributed by atoms with Crippen molar-refractivity contribution in [1.29, 1.82) is 0 Å². The van der Waals surface area contributed by atoms with Gasteiger partial charge < -0.3 is 20.1 Å². The minimum Gasteiger partial charge on any atom is -0.377 e. The Labute approximate surface area is 87.4 Å². The van der Waals surface area contributed by atoms with Crippen LogP contribution in [0, 0.1) is 0 Å². The fraction of sp³-hybridized carbons (Fsp3) is 1.00. The van der Waals surface area contributed by atoms with Gasteiger partial charge in [-0.1, -0.05) is 0 Å². The summed E-state index contributed by atoms with van der Waals surface area (Å²) >= 11 is 0. The summed E-state index contributed by atoms with van der Waals surface area (Å²) in [4.78, 5) is 2.09. The highest BCUT2D eigenvalue weighted by Gasteiger charge is 2.17. The highest BCUT2D eigenvalue weighted by atomic mass is 16.5. The van der Waals surface area contributed by atoms with E-state index in [1.165, 1.54) is 0 Å². The molecule has 0 saturated heterocycles. The zero-order valence-electron chi connectivity index (χ0n) is 9.88. The Hall–Kier alpha value is -0.160. The van der Waals surface area contributed by atoms with Gasteiger partial charge in [0.25, 0.3) is 0 Å². The number of likely N-dealkylation sites (N-methyl/N-ethyl adjacent to an activating group) is 1. The highest BCUT2D eigenvalue weighted by Crippen LogP contribution is 2.08. The summed E-state index contributed by atoms with van der Waals surface area (Å²) in [6.07, 6.45) is 0. The van der Waals surface area contributed by atoms with Gasteiger partial charge in [-0.15, -0.1) is 0 Å². The molecule has 0 aliphatic rings. The second-order valence-electron chi connectivity index (χ2n) is 4.25. The van der Waals surface area contributed by atoms with E-state index in [4.69, 9.17) is 15.2 Å². The lowest BCUT2D eigenvalue weighted by molar-refractivity contribution is -0.0734. The monoisotopic (exact) mass is 204 g/mol. The first-order chi connectivity index (χ1) is 6.48. The second-order valence-corrected chi connectivity index (χ2v) is 4.25. The van der Waals surface area contributed by atoms with Crippen molar-refractivity contribution in [3.63, 3.8) is 0 Å². The average molecular weight is 204 g/mol. The van der Waals surface area contributed by atoms with Crippen LogP contribution in [-0.2, 0) is 9.47 Å². The third-order valence-electron chi connectivity index (χ3n) is 1.74. The molecule has 2 N–H and O–H groups in total. The van der Waals surface area contributed by atoms with Crippen molar-refractivity contribution >= 4 is 0 Å². The van der Waals surface area contributed by atoms with Gasteiger partial charge in [0.15, 0.2) is 0 Å². The second kappa shape index (κ2) is 7.17. The van der Waals surface area contributed by atoms with Crippen molar-refractivity contribution in [1.82, 2.24) is 4.90 Å². The van der Waals surface area contributed by atoms with Crippen molar-refractivity contribution in [3.05, 3.63) is 0 Å². The molecule has 0 amide bonds. The molecular formula is C10H24N2O2. The molecule has 0 aliphatic heterocycles. The van der Waals surface area contributed by atoms with Gasteiger partial charge >= 0.3 is 0 Å². The Morgan fingerprint density at radius 2 is 1.86 bits per heavy atom. The number of hydrogen-bond acceptors (Lipinski definition) is 4. The third kappa shape index (κ3) is 8.44. The maximum atomic E-state index is 5.52. The molecule has 0 spiro atoms. The number of nitrogens with two attached hydrogens (primary N) is 1. The van der Waals surface area contributed by atoms with E-state index in [9.17, 15) is 0 Å². The van der Waals surface area contributed by atoms with Gasteiger partial charge in [-0.3, -0.25) is 0 Å². The Morgan fingerprint density at radius 3 is 2.36 bits per heavy atom. The molecule has 0 unspecified atom stereocenters. The van der Waals surface area contributed by atoms with Crippen LogP contribution < -0.4 is 5.73 Å². The Kier molecular flexibility index (Phi) is 7.09. The van der Waals surface area contributed by atoms with Crippen LogP contribution in [0.3, 0.4) is 0 Å². The minimum absolute atomic E-state index is 0.230. The summed E-state index contributed by atoms with van der Waals surface area (Å²) < 4.78 is 11.0. The Bertz CT molecular complexity index is 138. The molecule has 0 rings (SSSR count). The highest BCUT2D eigenvalue weighted by molar-refractivity contribution is 4.67. The molecule has 0 aliphatic carbocycles. The van der Waals surface area contributed by atoms with E-state index in [2.05, 4.69) is 4.90 Å². The third-order valence-corrected chi connectivity index (χ3v) is 1.74. The van der Waals surface area contributed by atoms with Crippen LogP contribution >= 0.6 is 0 Å². The van der Waals surface area contributed by atoms with E-state index in [-0.39, 0.29) is 5.60 Å². The van der Waals surface area contributed by atoms with E-state index in [1.807, 2.05) is 27.9 Å². The largest absolute Gasteiger partial charge is 0.377 e. The van der Waals surface area contributed by atoms with E-state index >= 15 is 0 Å². The molecule has 0 heterocycles. The van der Waals surface area contributed by atoms with Gasteiger partial charge in [0, 0.05) is 13.1 Å². The SMILES string of the molecule is CN(C)CCOCC(C)(C)OCCN. The standard InChI is InChI=1S/C10H24N2O2/c1-10(2,14-7-5-11)9-13-8-6-12(3)4/h5-9,11H2,1-4H3. The summed E-state index contributed by atoms with van der Waals surface area (Å²) in [5.74, 6) is 0. The normalized spacial score (nSPS) is 12.4. The van der Waals surface area contributed by atoms with Crippen LogP contribution in [0.5, 0.6) is 0 Å². The lowest BCUT2D eigenvalue weighted by Gasteiger charge is -2.25. The summed E-state index contributed by atoms with van der Waals surface area (Å²) in [7, 11) is 4.05. The van der Waals surface area contributed by atoms with Crippen LogP contribution in [0.1, 0.15) is 13.8 Å². The van der Waals surface area contributed by atoms with Gasteiger partial charge in [0.2, 0.25) is 0 Å². The van der Waals surface area contributed by atoms with E-state index < -0.39 is 0 Å². The van der Waals surface area contributed by atoms with E-state index in [0.29, 0.717) is 19.8 Å². The first kappa shape index (κ1) is 13.8. The topological polar surface area (TPSA) is 47.7 Å². The molecule has 86 valence electrons. The molecule has 4 heteroatoms. The van der Waals surface area contributed by atoms with E-state index in [0.717, 1.165) is 13.2 Å². The summed E-state index contributed by atoms with van der Waals surface area (Å²) in [6.45, 7) is 7.46. The van der Waals surface area contributed by atoms with Gasteiger partial charge in [-0.2, -0.15) is 0 Å². The lowest BCUT2D eigenvalue weighted by atomic mass is 10.1. The zero-order chi connectivity index (χ0) is 11.0. The maximum absolute atomic E-state index is 5.52. The van der Waals surface area contributed by atoms with Crippen molar-refractivity contribution in [2.24, 2.45) is 5.73 Å². The number of ether oxygens (including phenoxy) is 2. The predicted octanol–water partition coefficient (Wildman–Crippen LogP) is 0.319. The van der Waals surface area contributed by atoms with Gasteiger partial charge in [-0.25, -0.2) is 0 Å². The van der Waals surface area contributed by atoms with Crippen LogP contribution in [-0.4, -0.2) is 57.5 Å². The molecule has 0 bridgehead atoms. The number of rotatable bonds is 8. The van der Waals surface area contributed by atoms with Crippen LogP contribution in [0.15, 0.2) is 0 Å². The van der Waals surface area contributed by atoms with E-state index in [1.54, 1.807) is 0 Å². The van der Waals surface area contributed by atoms with Gasteiger partial charge in [-0.05, 0) is 27.9 Å². The average Bonchev–Trinajstić information content (AvgIpc) is 2.09. The molecule has 0 radical (unpaired) electrons. The molecule has 0 aromatic rings. The quantitative estimate of drug-likeness (QED) is 0.578. The minimum atomic E-state index is -0.230. The van der Waals surface area contributed by atoms with Gasteiger partial charge in [0.05, 0.1) is 25.4 Å². The lowest BCUT2D eigenvalue weighted by Crippen LogP contribution is -2.33. The summed E-state index contributed by atoms with van der Waals surface area (Å²) in [5.41, 5.74) is 5.13. The van der Waals surface area contributed by atoms with Crippen LogP contribution in [0.25, 0.3) is 0 Å². The Balaban J connectivity index is 3.44. The fourth-order valence-electron chi connectivity index (χ4n) is 0.942. The molecule has 0 aromatic carbocycles. The smallest absolute Gasteiger partial charge is 0.0859 e. The van der Waals surface area contributed by atoms with Crippen LogP contribution in [0.2, 0.25) is 0 Å². The predicted molar refractivity (Wildman–Crippen MR) is 58.5 cm³/mol. The number of hydrogen-bond donors (Lipinski definition) is 1. The first-order valence-corrected chi connectivity index (χ1v) is 5.04. The zero-order valence-corrected chi connectivity index (χ0v) is 9.88. The van der Waals surface area contributed by atoms with Crippen LogP contribution in [0.4, 0.5) is 0 Å². The first-order valence-electron chi connectivity index (χ1n) is 5.04. The molecule has 0 saturated carbocycles. The molecule has 4 nitrogen and oxygen atoms in total. The van der Waals surface area contributed by atoms with Crippen molar-refractivity contribution in [2.45, 2.75) is 19.4 Å². The van der Waals surface area contributed by atoms with Crippen molar-refractivity contribution < 1.29 is 9.47 Å². The number of nitrogens with zero attached hydrogens (tertiary/aromatic N) is 1. The fourth-order valence-corrected chi connectivity index (χ4v) is 0.942.